The van der Waals surface area contributed by atoms with Gasteiger partial charge in [-0.1, -0.05) is 30.3 Å². The molecule has 16 heavy (non-hydrogen) atoms. The molecule has 1 amide bonds. The Labute approximate surface area is 96.0 Å². The van der Waals surface area contributed by atoms with Gasteiger partial charge in [0.05, 0.1) is 12.6 Å². The van der Waals surface area contributed by atoms with Gasteiger partial charge in [-0.05, 0) is 12.5 Å². The molecule has 1 aliphatic heterocycles. The Morgan fingerprint density at radius 2 is 2.00 bits per heavy atom. The zero-order chi connectivity index (χ0) is 11.5. The second-order valence-electron chi connectivity index (χ2n) is 4.27. The highest BCUT2D eigenvalue weighted by molar-refractivity contribution is 5.73. The quantitative estimate of drug-likeness (QED) is 0.723. The third-order valence-corrected chi connectivity index (χ3v) is 2.88. The molecule has 1 fully saturated rings. The predicted molar refractivity (Wildman–Crippen MR) is 62.0 cm³/mol. The number of hydrogen-bond donors (Lipinski definition) is 0. The fraction of sp³-hybridized carbons (Fsp3) is 0.462. The molecule has 0 saturated carbocycles. The molecule has 1 heterocycles. The van der Waals surface area contributed by atoms with Crippen LogP contribution in [0.25, 0.3) is 0 Å². The Kier molecular flexibility index (Phi) is 3.25. The highest BCUT2D eigenvalue weighted by Gasteiger charge is 2.27. The average Bonchev–Trinajstić information content (AvgIpc) is 2.29. The number of benzene rings is 1. The Balaban J connectivity index is 2.14. The van der Waals surface area contributed by atoms with Gasteiger partial charge in [0, 0.05) is 13.5 Å². The first-order valence-electron chi connectivity index (χ1n) is 5.62. The second-order valence-corrected chi connectivity index (χ2v) is 4.27. The standard InChI is InChI=1S/C13H17NO2/c1-10-8-14(11(2)15)9-13(16-10)12-6-4-3-5-7-12/h3-7,10,13H,8-9H2,1-2H3/t10-,13-/m0/s1. The van der Waals surface area contributed by atoms with Gasteiger partial charge in [0.2, 0.25) is 5.91 Å². The molecule has 0 radical (unpaired) electrons. The summed E-state index contributed by atoms with van der Waals surface area (Å²) >= 11 is 0. The number of amides is 1. The van der Waals surface area contributed by atoms with Crippen LogP contribution in [0.4, 0.5) is 0 Å². The first kappa shape index (κ1) is 11.1. The van der Waals surface area contributed by atoms with Gasteiger partial charge in [0.25, 0.3) is 0 Å². The van der Waals surface area contributed by atoms with Gasteiger partial charge >= 0.3 is 0 Å². The minimum absolute atomic E-state index is 0.00819. The molecule has 0 aliphatic carbocycles. The van der Waals surface area contributed by atoms with Gasteiger partial charge < -0.3 is 9.64 Å². The van der Waals surface area contributed by atoms with Gasteiger partial charge in [-0.25, -0.2) is 0 Å². The fourth-order valence-electron chi connectivity index (χ4n) is 2.06. The summed E-state index contributed by atoms with van der Waals surface area (Å²) in [6.07, 6.45) is 0.108. The topological polar surface area (TPSA) is 29.5 Å². The molecule has 0 unspecified atom stereocenters. The number of rotatable bonds is 1. The molecule has 2 atom stereocenters. The number of ether oxygens (including phenoxy) is 1. The third kappa shape index (κ3) is 2.42. The smallest absolute Gasteiger partial charge is 0.219 e. The lowest BCUT2D eigenvalue weighted by Gasteiger charge is -2.36. The molecular weight excluding hydrogens is 202 g/mol. The second kappa shape index (κ2) is 4.66. The van der Waals surface area contributed by atoms with Crippen LogP contribution < -0.4 is 0 Å². The van der Waals surface area contributed by atoms with Crippen molar-refractivity contribution in [2.75, 3.05) is 13.1 Å². The van der Waals surface area contributed by atoms with E-state index in [0.29, 0.717) is 13.1 Å². The zero-order valence-corrected chi connectivity index (χ0v) is 9.72. The van der Waals surface area contributed by atoms with Gasteiger partial charge in [-0.15, -0.1) is 0 Å². The van der Waals surface area contributed by atoms with Crippen molar-refractivity contribution in [2.24, 2.45) is 0 Å². The van der Waals surface area contributed by atoms with E-state index in [1.807, 2.05) is 42.2 Å². The van der Waals surface area contributed by atoms with Crippen LogP contribution in [0, 0.1) is 0 Å². The zero-order valence-electron chi connectivity index (χ0n) is 9.72. The molecule has 1 aromatic rings. The maximum absolute atomic E-state index is 11.4. The summed E-state index contributed by atoms with van der Waals surface area (Å²) in [4.78, 5) is 13.2. The van der Waals surface area contributed by atoms with Crippen LogP contribution >= 0.6 is 0 Å². The van der Waals surface area contributed by atoms with Crippen molar-refractivity contribution in [3.63, 3.8) is 0 Å². The number of carbonyl (C=O) groups is 1. The van der Waals surface area contributed by atoms with Crippen molar-refractivity contribution >= 4 is 5.91 Å². The van der Waals surface area contributed by atoms with E-state index in [1.165, 1.54) is 0 Å². The van der Waals surface area contributed by atoms with Crippen molar-refractivity contribution in [1.29, 1.82) is 0 Å². The van der Waals surface area contributed by atoms with E-state index >= 15 is 0 Å². The monoisotopic (exact) mass is 219 g/mol. The molecule has 2 rings (SSSR count). The predicted octanol–water partition coefficient (Wildman–Crippen LogP) is 1.99. The van der Waals surface area contributed by atoms with Crippen LogP contribution in [0.2, 0.25) is 0 Å². The number of nitrogens with zero attached hydrogens (tertiary/aromatic N) is 1. The van der Waals surface area contributed by atoms with Crippen molar-refractivity contribution in [3.05, 3.63) is 35.9 Å². The van der Waals surface area contributed by atoms with Crippen molar-refractivity contribution in [1.82, 2.24) is 4.90 Å². The largest absolute Gasteiger partial charge is 0.367 e. The molecular formula is C13H17NO2. The molecule has 86 valence electrons. The molecule has 1 saturated heterocycles. The number of hydrogen-bond acceptors (Lipinski definition) is 2. The van der Waals surface area contributed by atoms with Crippen LogP contribution in [0.15, 0.2) is 30.3 Å². The lowest BCUT2D eigenvalue weighted by Crippen LogP contribution is -2.45. The van der Waals surface area contributed by atoms with Crippen LogP contribution in [0.1, 0.15) is 25.5 Å². The van der Waals surface area contributed by atoms with E-state index in [4.69, 9.17) is 4.74 Å². The Morgan fingerprint density at radius 3 is 2.62 bits per heavy atom. The summed E-state index contributed by atoms with van der Waals surface area (Å²) in [6, 6.07) is 10.1. The molecule has 0 aromatic heterocycles. The average molecular weight is 219 g/mol. The maximum Gasteiger partial charge on any atom is 0.219 e. The summed E-state index contributed by atoms with van der Waals surface area (Å²) in [5.41, 5.74) is 1.14. The Hall–Kier alpha value is -1.35. The van der Waals surface area contributed by atoms with E-state index in [1.54, 1.807) is 6.92 Å². The number of morpholine rings is 1. The van der Waals surface area contributed by atoms with Crippen LogP contribution in [-0.2, 0) is 9.53 Å². The summed E-state index contributed by atoms with van der Waals surface area (Å²) in [7, 11) is 0. The van der Waals surface area contributed by atoms with Gasteiger partial charge in [-0.3, -0.25) is 4.79 Å². The van der Waals surface area contributed by atoms with Crippen molar-refractivity contribution < 1.29 is 9.53 Å². The highest BCUT2D eigenvalue weighted by Crippen LogP contribution is 2.24. The van der Waals surface area contributed by atoms with E-state index < -0.39 is 0 Å². The van der Waals surface area contributed by atoms with E-state index in [-0.39, 0.29) is 18.1 Å². The Bertz CT molecular complexity index is 363. The fourth-order valence-corrected chi connectivity index (χ4v) is 2.06. The van der Waals surface area contributed by atoms with Crippen LogP contribution in [0.3, 0.4) is 0 Å². The first-order valence-corrected chi connectivity index (χ1v) is 5.62. The molecule has 0 spiro atoms. The van der Waals surface area contributed by atoms with Gasteiger partial charge in [0.1, 0.15) is 6.10 Å². The molecule has 0 N–H and O–H groups in total. The lowest BCUT2D eigenvalue weighted by molar-refractivity contribution is -0.142. The summed E-state index contributed by atoms with van der Waals surface area (Å²) in [5.74, 6) is 0.121. The van der Waals surface area contributed by atoms with Crippen LogP contribution in [-0.4, -0.2) is 30.0 Å². The molecule has 1 aromatic carbocycles. The van der Waals surface area contributed by atoms with Gasteiger partial charge in [0.15, 0.2) is 0 Å². The molecule has 1 aliphatic rings. The summed E-state index contributed by atoms with van der Waals surface area (Å²) in [5, 5.41) is 0. The summed E-state index contributed by atoms with van der Waals surface area (Å²) in [6.45, 7) is 4.97. The third-order valence-electron chi connectivity index (χ3n) is 2.88. The van der Waals surface area contributed by atoms with Gasteiger partial charge in [-0.2, -0.15) is 0 Å². The molecule has 3 nitrogen and oxygen atoms in total. The first-order chi connectivity index (χ1) is 7.66. The maximum atomic E-state index is 11.4. The summed E-state index contributed by atoms with van der Waals surface area (Å²) < 4.78 is 5.86. The van der Waals surface area contributed by atoms with E-state index in [0.717, 1.165) is 5.56 Å². The van der Waals surface area contributed by atoms with E-state index in [2.05, 4.69) is 0 Å². The normalized spacial score (nSPS) is 25.5. The molecule has 3 heteroatoms. The minimum Gasteiger partial charge on any atom is -0.367 e. The van der Waals surface area contributed by atoms with E-state index in [9.17, 15) is 4.79 Å². The SMILES string of the molecule is CC(=O)N1C[C@@H](c2ccccc2)O[C@@H](C)C1. The van der Waals surface area contributed by atoms with Crippen molar-refractivity contribution in [3.8, 4) is 0 Å². The van der Waals surface area contributed by atoms with Crippen molar-refractivity contribution in [2.45, 2.75) is 26.1 Å². The Morgan fingerprint density at radius 1 is 1.31 bits per heavy atom. The lowest BCUT2D eigenvalue weighted by atomic mass is 10.1. The minimum atomic E-state index is 0.00819. The van der Waals surface area contributed by atoms with Crippen LogP contribution in [0.5, 0.6) is 0 Å². The molecule has 0 bridgehead atoms. The highest BCUT2D eigenvalue weighted by atomic mass is 16.5. The number of carbonyl (C=O) groups excluding carboxylic acids is 1.